The molecule has 4 nitrogen and oxygen atoms in total. The molecule has 4 rings (SSSR count). The Kier molecular flexibility index (Phi) is 4.84. The molecule has 6 heteroatoms. The molecule has 1 amide bonds. The van der Waals surface area contributed by atoms with Crippen LogP contribution in [0.5, 0.6) is 0 Å². The third kappa shape index (κ3) is 3.55. The highest BCUT2D eigenvalue weighted by molar-refractivity contribution is 8.00. The zero-order valence-corrected chi connectivity index (χ0v) is 15.0. The first kappa shape index (κ1) is 17.0. The first-order valence-electron chi connectivity index (χ1n) is 8.64. The maximum absolute atomic E-state index is 13.7. The smallest absolute Gasteiger partial charge is 0.232 e. The van der Waals surface area contributed by atoms with E-state index in [1.807, 2.05) is 35.2 Å². The van der Waals surface area contributed by atoms with Crippen molar-refractivity contribution in [2.24, 2.45) is 0 Å². The first-order valence-corrected chi connectivity index (χ1v) is 9.62. The van der Waals surface area contributed by atoms with Gasteiger partial charge in [0.1, 0.15) is 10.8 Å². The summed E-state index contributed by atoms with van der Waals surface area (Å²) in [5, 5.41) is 1.28. The molecule has 0 bridgehead atoms. The van der Waals surface area contributed by atoms with Gasteiger partial charge >= 0.3 is 0 Å². The van der Waals surface area contributed by atoms with E-state index in [0.29, 0.717) is 27.5 Å². The molecule has 2 aromatic carbocycles. The van der Waals surface area contributed by atoms with Gasteiger partial charge in [-0.2, -0.15) is 0 Å². The maximum Gasteiger partial charge on any atom is 0.232 e. The van der Waals surface area contributed by atoms with Crippen LogP contribution in [0.25, 0.3) is 22.3 Å². The van der Waals surface area contributed by atoms with Crippen LogP contribution in [0, 0.1) is 5.82 Å². The van der Waals surface area contributed by atoms with Gasteiger partial charge in [-0.3, -0.25) is 4.79 Å². The van der Waals surface area contributed by atoms with Crippen LogP contribution in [-0.4, -0.2) is 39.6 Å². The number of rotatable bonds is 4. The Morgan fingerprint density at radius 2 is 1.85 bits per heavy atom. The summed E-state index contributed by atoms with van der Waals surface area (Å²) in [5.41, 5.74) is 1.57. The van der Waals surface area contributed by atoms with Crippen LogP contribution in [0.15, 0.2) is 53.6 Å². The number of hydrogen-bond acceptors (Lipinski definition) is 4. The molecule has 1 aromatic heterocycles. The van der Waals surface area contributed by atoms with Crippen LogP contribution in [0.4, 0.5) is 4.39 Å². The molecule has 0 atom stereocenters. The van der Waals surface area contributed by atoms with Gasteiger partial charge in [-0.1, -0.05) is 42.1 Å². The summed E-state index contributed by atoms with van der Waals surface area (Å²) in [6.45, 7) is 1.65. The maximum atomic E-state index is 13.7. The van der Waals surface area contributed by atoms with E-state index in [0.717, 1.165) is 31.5 Å². The van der Waals surface area contributed by atoms with Crippen molar-refractivity contribution in [3.8, 4) is 11.4 Å². The molecule has 2 heterocycles. The Hall–Kier alpha value is -2.47. The highest BCUT2D eigenvalue weighted by atomic mass is 32.2. The van der Waals surface area contributed by atoms with E-state index in [1.54, 1.807) is 6.07 Å². The fourth-order valence-electron chi connectivity index (χ4n) is 3.09. The van der Waals surface area contributed by atoms with Crippen molar-refractivity contribution >= 4 is 28.6 Å². The largest absolute Gasteiger partial charge is 0.342 e. The summed E-state index contributed by atoms with van der Waals surface area (Å²) < 4.78 is 13.7. The Morgan fingerprint density at radius 3 is 2.62 bits per heavy atom. The standard InChI is InChI=1S/C20H18FN3OS/c21-15-8-9-17-16(12-15)20(26-13-18(25)24-10-4-5-11-24)23-19(22-17)14-6-2-1-3-7-14/h1-3,6-9,12H,4-5,10-11,13H2. The molecule has 1 saturated heterocycles. The average molecular weight is 367 g/mol. The van der Waals surface area contributed by atoms with E-state index in [2.05, 4.69) is 9.97 Å². The number of benzene rings is 2. The van der Waals surface area contributed by atoms with Crippen molar-refractivity contribution in [3.63, 3.8) is 0 Å². The Balaban J connectivity index is 1.68. The van der Waals surface area contributed by atoms with Gasteiger partial charge < -0.3 is 4.90 Å². The molecule has 0 N–H and O–H groups in total. The predicted octanol–water partition coefficient (Wildman–Crippen LogP) is 4.15. The zero-order valence-electron chi connectivity index (χ0n) is 14.2. The number of likely N-dealkylation sites (tertiary alicyclic amines) is 1. The number of thioether (sulfide) groups is 1. The molecule has 1 aliphatic rings. The number of hydrogen-bond donors (Lipinski definition) is 0. The van der Waals surface area contributed by atoms with Crippen LogP contribution in [0.2, 0.25) is 0 Å². The van der Waals surface area contributed by atoms with Crippen molar-refractivity contribution in [1.29, 1.82) is 0 Å². The van der Waals surface area contributed by atoms with Crippen molar-refractivity contribution < 1.29 is 9.18 Å². The molecule has 0 unspecified atom stereocenters. The monoisotopic (exact) mass is 367 g/mol. The second kappa shape index (κ2) is 7.41. The van der Waals surface area contributed by atoms with Crippen LogP contribution in [-0.2, 0) is 4.79 Å². The normalized spacial score (nSPS) is 14.1. The van der Waals surface area contributed by atoms with E-state index < -0.39 is 0 Å². The first-order chi connectivity index (χ1) is 12.7. The number of amides is 1. The lowest BCUT2D eigenvalue weighted by atomic mass is 10.2. The average Bonchev–Trinajstić information content (AvgIpc) is 3.21. The highest BCUT2D eigenvalue weighted by Gasteiger charge is 2.19. The molecule has 0 aliphatic carbocycles. The molecular formula is C20H18FN3OS. The molecule has 3 aromatic rings. The van der Waals surface area contributed by atoms with Gasteiger partial charge in [0.2, 0.25) is 5.91 Å². The summed E-state index contributed by atoms with van der Waals surface area (Å²) in [5.74, 6) is 0.663. The van der Waals surface area contributed by atoms with E-state index in [-0.39, 0.29) is 11.7 Å². The number of fused-ring (bicyclic) bond motifs is 1. The lowest BCUT2D eigenvalue weighted by Crippen LogP contribution is -2.29. The molecule has 0 saturated carbocycles. The molecule has 1 aliphatic heterocycles. The third-order valence-corrected chi connectivity index (χ3v) is 5.42. The van der Waals surface area contributed by atoms with Crippen molar-refractivity contribution in [2.45, 2.75) is 17.9 Å². The van der Waals surface area contributed by atoms with Gasteiger partial charge in [0.15, 0.2) is 5.82 Å². The number of nitrogens with zero attached hydrogens (tertiary/aromatic N) is 3. The van der Waals surface area contributed by atoms with Crippen LogP contribution < -0.4 is 0 Å². The van der Waals surface area contributed by atoms with E-state index in [1.165, 1.54) is 23.9 Å². The highest BCUT2D eigenvalue weighted by Crippen LogP contribution is 2.29. The molecule has 0 radical (unpaired) electrons. The lowest BCUT2D eigenvalue weighted by molar-refractivity contribution is -0.127. The Morgan fingerprint density at radius 1 is 1.08 bits per heavy atom. The summed E-state index contributed by atoms with van der Waals surface area (Å²) in [4.78, 5) is 23.4. The topological polar surface area (TPSA) is 46.1 Å². The van der Waals surface area contributed by atoms with Gasteiger partial charge in [0, 0.05) is 24.0 Å². The summed E-state index contributed by atoms with van der Waals surface area (Å²) >= 11 is 1.35. The number of halogens is 1. The van der Waals surface area contributed by atoms with Gasteiger partial charge in [0.25, 0.3) is 0 Å². The summed E-state index contributed by atoms with van der Waals surface area (Å²) in [7, 11) is 0. The molecular weight excluding hydrogens is 349 g/mol. The zero-order chi connectivity index (χ0) is 17.9. The van der Waals surface area contributed by atoms with E-state index in [4.69, 9.17) is 0 Å². The van der Waals surface area contributed by atoms with Crippen LogP contribution >= 0.6 is 11.8 Å². The molecule has 26 heavy (non-hydrogen) atoms. The Bertz CT molecular complexity index is 942. The summed E-state index contributed by atoms with van der Waals surface area (Å²) in [6, 6.07) is 14.2. The molecule has 1 fully saturated rings. The fourth-order valence-corrected chi connectivity index (χ4v) is 4.00. The minimum absolute atomic E-state index is 0.108. The van der Waals surface area contributed by atoms with Gasteiger partial charge in [-0.05, 0) is 31.0 Å². The van der Waals surface area contributed by atoms with E-state index >= 15 is 0 Å². The van der Waals surface area contributed by atoms with Gasteiger partial charge in [-0.15, -0.1) is 0 Å². The van der Waals surface area contributed by atoms with Crippen molar-refractivity contribution in [2.75, 3.05) is 18.8 Å². The van der Waals surface area contributed by atoms with Gasteiger partial charge in [-0.25, -0.2) is 14.4 Å². The molecule has 0 spiro atoms. The minimum Gasteiger partial charge on any atom is -0.342 e. The second-order valence-corrected chi connectivity index (χ2v) is 7.22. The number of carbonyl (C=O) groups excluding carboxylic acids is 1. The third-order valence-electron chi connectivity index (χ3n) is 4.45. The number of aromatic nitrogens is 2. The van der Waals surface area contributed by atoms with Crippen LogP contribution in [0.1, 0.15) is 12.8 Å². The predicted molar refractivity (Wildman–Crippen MR) is 101 cm³/mol. The fraction of sp³-hybridized carbons (Fsp3) is 0.250. The van der Waals surface area contributed by atoms with Crippen molar-refractivity contribution in [3.05, 3.63) is 54.3 Å². The minimum atomic E-state index is -0.332. The quantitative estimate of drug-likeness (QED) is 0.513. The SMILES string of the molecule is O=C(CSc1nc(-c2ccccc2)nc2ccc(F)cc12)N1CCCC1. The second-order valence-electron chi connectivity index (χ2n) is 6.26. The van der Waals surface area contributed by atoms with Gasteiger partial charge in [0.05, 0.1) is 11.3 Å². The molecule has 132 valence electrons. The van der Waals surface area contributed by atoms with Crippen LogP contribution in [0.3, 0.4) is 0 Å². The summed E-state index contributed by atoms with van der Waals surface area (Å²) in [6.07, 6.45) is 2.13. The number of carbonyl (C=O) groups is 1. The lowest BCUT2D eigenvalue weighted by Gasteiger charge is -2.15. The van der Waals surface area contributed by atoms with E-state index in [9.17, 15) is 9.18 Å². The van der Waals surface area contributed by atoms with Crippen molar-refractivity contribution in [1.82, 2.24) is 14.9 Å². The Labute approximate surface area is 155 Å².